The summed E-state index contributed by atoms with van der Waals surface area (Å²) in [6.07, 6.45) is -1.36. The molecule has 0 saturated heterocycles. The van der Waals surface area contributed by atoms with Crippen LogP contribution in [0.25, 0.3) is 0 Å². The van der Waals surface area contributed by atoms with Crippen LogP contribution in [0.15, 0.2) is 0 Å². The summed E-state index contributed by atoms with van der Waals surface area (Å²) in [4.78, 5) is 24.8. The highest BCUT2D eigenvalue weighted by atomic mass is 32.1. The smallest absolute Gasteiger partial charge is 0.249 e. The van der Waals surface area contributed by atoms with Gasteiger partial charge in [0.25, 0.3) is 0 Å². The van der Waals surface area contributed by atoms with Crippen LogP contribution in [-0.2, 0) is 16.0 Å². The number of aromatic amines is 1. The highest BCUT2D eigenvalue weighted by Gasteiger charge is 2.33. The molecule has 2 amide bonds. The van der Waals surface area contributed by atoms with Gasteiger partial charge in [0.05, 0.1) is 0 Å². The summed E-state index contributed by atoms with van der Waals surface area (Å²) in [5.41, 5.74) is -1.88. The maximum absolute atomic E-state index is 13.7. The number of benzene rings is 1. The third-order valence-corrected chi connectivity index (χ3v) is 5.01. The summed E-state index contributed by atoms with van der Waals surface area (Å²) in [6, 6.07) is -1.08. The molecule has 0 aliphatic carbocycles. The molecule has 13 heteroatoms. The lowest BCUT2D eigenvalue weighted by Gasteiger charge is -2.30. The van der Waals surface area contributed by atoms with Crippen LogP contribution in [-0.4, -0.2) is 28.1 Å². The van der Waals surface area contributed by atoms with E-state index in [4.69, 9.17) is 12.2 Å². The zero-order chi connectivity index (χ0) is 22.8. The lowest BCUT2D eigenvalue weighted by atomic mass is 9.86. The largest absolute Gasteiger partial charge is 0.344 e. The van der Waals surface area contributed by atoms with Gasteiger partial charge in [-0.1, -0.05) is 32.1 Å². The Labute approximate surface area is 176 Å². The molecule has 1 aromatic heterocycles. The summed E-state index contributed by atoms with van der Waals surface area (Å²) < 4.78 is 67.5. The molecule has 30 heavy (non-hydrogen) atoms. The van der Waals surface area contributed by atoms with Gasteiger partial charge in [-0.05, 0) is 24.1 Å². The third kappa shape index (κ3) is 5.39. The number of amides is 2. The molecule has 0 saturated carbocycles. The molecule has 1 heterocycles. The standard InChI is InChI=1S/C17H17F5N4O2S2/c1-17(2,3)13(14(28)24-15-25-26-16(29)30-15)23-7(27)5-4-6-8(18)10(20)12(22)11(21)9(6)19/h13H,4-5H2,1-3H3,(H,23,27)(H,26,29)(H,24,25,28)/t13-/m1/s1. The minimum absolute atomic E-state index is 0.176. The van der Waals surface area contributed by atoms with E-state index in [1.807, 2.05) is 0 Å². The van der Waals surface area contributed by atoms with E-state index >= 15 is 0 Å². The van der Waals surface area contributed by atoms with Crippen molar-refractivity contribution in [3.63, 3.8) is 0 Å². The second-order valence-electron chi connectivity index (χ2n) is 7.32. The molecule has 1 atom stereocenters. The zero-order valence-corrected chi connectivity index (χ0v) is 17.6. The Morgan fingerprint density at radius 1 is 1.07 bits per heavy atom. The van der Waals surface area contributed by atoms with E-state index in [2.05, 4.69) is 20.8 Å². The molecule has 0 fully saturated rings. The van der Waals surface area contributed by atoms with Gasteiger partial charge >= 0.3 is 0 Å². The number of hydrogen-bond acceptors (Lipinski definition) is 5. The molecule has 0 radical (unpaired) electrons. The molecule has 0 spiro atoms. The average molecular weight is 468 g/mol. The molecule has 2 rings (SSSR count). The summed E-state index contributed by atoms with van der Waals surface area (Å²) in [5.74, 6) is -11.9. The van der Waals surface area contributed by atoms with E-state index in [-0.39, 0.29) is 5.13 Å². The number of carbonyl (C=O) groups excluding carboxylic acids is 2. The van der Waals surface area contributed by atoms with Gasteiger partial charge in [-0.15, -0.1) is 5.10 Å². The van der Waals surface area contributed by atoms with Crippen LogP contribution >= 0.6 is 23.6 Å². The van der Waals surface area contributed by atoms with Crippen molar-refractivity contribution < 1.29 is 31.5 Å². The number of rotatable bonds is 6. The minimum Gasteiger partial charge on any atom is -0.344 e. The van der Waals surface area contributed by atoms with Crippen LogP contribution in [0.2, 0.25) is 0 Å². The topological polar surface area (TPSA) is 86.9 Å². The second-order valence-corrected chi connectivity index (χ2v) is 8.99. The number of nitrogens with zero attached hydrogens (tertiary/aromatic N) is 1. The van der Waals surface area contributed by atoms with Crippen LogP contribution in [0, 0.1) is 38.5 Å². The van der Waals surface area contributed by atoms with Crippen molar-refractivity contribution in [1.29, 1.82) is 0 Å². The van der Waals surface area contributed by atoms with Crippen molar-refractivity contribution in [2.24, 2.45) is 5.41 Å². The molecule has 3 N–H and O–H groups in total. The Morgan fingerprint density at radius 3 is 2.07 bits per heavy atom. The molecular formula is C17H17F5N4O2S2. The predicted octanol–water partition coefficient (Wildman–Crippen LogP) is 4.00. The number of carbonyl (C=O) groups is 2. The number of nitrogens with one attached hydrogen (secondary N) is 3. The monoisotopic (exact) mass is 468 g/mol. The molecule has 0 bridgehead atoms. The first-order chi connectivity index (χ1) is 13.8. The number of hydrogen-bond donors (Lipinski definition) is 3. The number of halogens is 5. The van der Waals surface area contributed by atoms with Gasteiger partial charge in [0.2, 0.25) is 22.8 Å². The van der Waals surface area contributed by atoms with Crippen LogP contribution in [0.1, 0.15) is 32.8 Å². The highest BCUT2D eigenvalue weighted by molar-refractivity contribution is 7.73. The van der Waals surface area contributed by atoms with E-state index < -0.39 is 70.8 Å². The molecular weight excluding hydrogens is 451 g/mol. The maximum atomic E-state index is 13.7. The van der Waals surface area contributed by atoms with Crippen LogP contribution < -0.4 is 10.6 Å². The van der Waals surface area contributed by atoms with Gasteiger partial charge in [0.15, 0.2) is 27.2 Å². The van der Waals surface area contributed by atoms with Crippen molar-refractivity contribution in [3.8, 4) is 0 Å². The summed E-state index contributed by atoms with van der Waals surface area (Å²) in [7, 11) is 0. The summed E-state index contributed by atoms with van der Waals surface area (Å²) in [5, 5.41) is 11.3. The van der Waals surface area contributed by atoms with Crippen molar-refractivity contribution in [2.45, 2.75) is 39.7 Å². The van der Waals surface area contributed by atoms with Crippen molar-refractivity contribution >= 4 is 40.5 Å². The van der Waals surface area contributed by atoms with Crippen LogP contribution in [0.4, 0.5) is 27.1 Å². The quantitative estimate of drug-likeness (QED) is 0.259. The maximum Gasteiger partial charge on any atom is 0.249 e. The molecule has 0 aliphatic heterocycles. The fraction of sp³-hybridized carbons (Fsp3) is 0.412. The first kappa shape index (κ1) is 23.9. The van der Waals surface area contributed by atoms with Gasteiger partial charge in [-0.2, -0.15) is 0 Å². The molecule has 0 unspecified atom stereocenters. The normalized spacial score (nSPS) is 12.5. The Morgan fingerprint density at radius 2 is 1.60 bits per heavy atom. The van der Waals surface area contributed by atoms with Crippen LogP contribution in [0.5, 0.6) is 0 Å². The Balaban J connectivity index is 2.12. The van der Waals surface area contributed by atoms with E-state index in [0.29, 0.717) is 3.95 Å². The van der Waals surface area contributed by atoms with E-state index in [1.165, 1.54) is 0 Å². The molecule has 0 aliphatic rings. The van der Waals surface area contributed by atoms with Gasteiger partial charge in [0.1, 0.15) is 6.04 Å². The Bertz CT molecular complexity index is 1000. The van der Waals surface area contributed by atoms with Gasteiger partial charge in [0, 0.05) is 12.0 Å². The van der Waals surface area contributed by atoms with E-state index in [0.717, 1.165) is 11.3 Å². The van der Waals surface area contributed by atoms with Crippen molar-refractivity contribution in [1.82, 2.24) is 15.5 Å². The van der Waals surface area contributed by atoms with Gasteiger partial charge in [-0.25, -0.2) is 22.0 Å². The third-order valence-electron chi connectivity index (χ3n) is 4.00. The van der Waals surface area contributed by atoms with Gasteiger partial charge < -0.3 is 5.32 Å². The lowest BCUT2D eigenvalue weighted by molar-refractivity contribution is -0.128. The summed E-state index contributed by atoms with van der Waals surface area (Å²) in [6.45, 7) is 4.98. The predicted molar refractivity (Wildman–Crippen MR) is 102 cm³/mol. The minimum atomic E-state index is -2.27. The first-order valence-corrected chi connectivity index (χ1v) is 9.71. The first-order valence-electron chi connectivity index (χ1n) is 8.49. The van der Waals surface area contributed by atoms with Crippen molar-refractivity contribution in [3.05, 3.63) is 38.6 Å². The zero-order valence-electron chi connectivity index (χ0n) is 16.0. The molecule has 164 valence electrons. The van der Waals surface area contributed by atoms with Crippen LogP contribution in [0.3, 0.4) is 0 Å². The number of aromatic nitrogens is 2. The van der Waals surface area contributed by atoms with Gasteiger partial charge in [-0.3, -0.25) is 20.0 Å². The highest BCUT2D eigenvalue weighted by Crippen LogP contribution is 2.25. The molecule has 2 aromatic rings. The van der Waals surface area contributed by atoms with E-state index in [9.17, 15) is 31.5 Å². The number of H-pyrrole nitrogens is 1. The van der Waals surface area contributed by atoms with Crippen molar-refractivity contribution in [2.75, 3.05) is 5.32 Å². The summed E-state index contributed by atoms with van der Waals surface area (Å²) >= 11 is 5.86. The molecule has 1 aromatic carbocycles. The average Bonchev–Trinajstić information content (AvgIpc) is 3.06. The Hall–Kier alpha value is -2.41. The SMILES string of the molecule is CC(C)(C)[C@H](NC(=O)CCc1c(F)c(F)c(F)c(F)c1F)C(=O)Nc1n[nH]c(=S)s1. The van der Waals surface area contributed by atoms with E-state index in [1.54, 1.807) is 20.8 Å². The Kier molecular flexibility index (Phi) is 7.29. The fourth-order valence-corrected chi connectivity index (χ4v) is 3.27. The second kappa shape index (κ2) is 9.16. The lowest BCUT2D eigenvalue weighted by Crippen LogP contribution is -2.51. The number of anilines is 1. The fourth-order valence-electron chi connectivity index (χ4n) is 2.48. The molecule has 6 nitrogen and oxygen atoms in total.